The molecule has 0 saturated heterocycles. The fourth-order valence-corrected chi connectivity index (χ4v) is 1.96. The highest BCUT2D eigenvalue weighted by Crippen LogP contribution is 2.20. The lowest BCUT2D eigenvalue weighted by Gasteiger charge is -2.20. The quantitative estimate of drug-likeness (QED) is 0.919. The molecule has 0 fully saturated rings. The summed E-state index contributed by atoms with van der Waals surface area (Å²) < 4.78 is 10.4. The minimum absolute atomic E-state index is 0.165. The fraction of sp³-hybridized carbons (Fsp3) is 0.235. The van der Waals surface area contributed by atoms with Crippen molar-refractivity contribution < 1.29 is 19.4 Å². The van der Waals surface area contributed by atoms with Gasteiger partial charge < -0.3 is 19.5 Å². The molecule has 2 rings (SSSR count). The van der Waals surface area contributed by atoms with Gasteiger partial charge in [0.1, 0.15) is 17.2 Å². The number of rotatable bonds is 5. The fourth-order valence-electron chi connectivity index (χ4n) is 1.96. The number of carbonyl (C=O) groups is 1. The van der Waals surface area contributed by atoms with Crippen LogP contribution in [-0.2, 0) is 6.54 Å². The van der Waals surface area contributed by atoms with Gasteiger partial charge in [0.05, 0.1) is 13.7 Å². The van der Waals surface area contributed by atoms with Crippen LogP contribution in [0.4, 0.5) is 4.79 Å². The Balaban J connectivity index is 2.03. The van der Waals surface area contributed by atoms with Crippen LogP contribution < -0.4 is 9.47 Å². The first-order valence-electron chi connectivity index (χ1n) is 7.01. The maximum absolute atomic E-state index is 12.2. The second-order valence-electron chi connectivity index (χ2n) is 4.69. The first-order chi connectivity index (χ1) is 10.6. The Bertz CT molecular complexity index is 625. The van der Waals surface area contributed by atoms with Crippen molar-refractivity contribution in [3.05, 3.63) is 54.1 Å². The lowest BCUT2D eigenvalue weighted by Crippen LogP contribution is -2.32. The number of benzene rings is 2. The molecule has 0 saturated carbocycles. The normalized spacial score (nSPS) is 10.1. The maximum atomic E-state index is 12.2. The van der Waals surface area contributed by atoms with Crippen molar-refractivity contribution >= 4 is 6.09 Å². The number of carbonyl (C=O) groups excluding carboxylic acids is 1. The molecule has 0 atom stereocenters. The van der Waals surface area contributed by atoms with Crippen LogP contribution in [-0.4, -0.2) is 29.8 Å². The highest BCUT2D eigenvalue weighted by molar-refractivity contribution is 5.70. The van der Waals surface area contributed by atoms with E-state index in [0.717, 1.165) is 0 Å². The topological polar surface area (TPSA) is 59.0 Å². The molecule has 0 bridgehead atoms. The zero-order chi connectivity index (χ0) is 15.9. The summed E-state index contributed by atoms with van der Waals surface area (Å²) in [5.74, 6) is 1.31. The third-order valence-corrected chi connectivity index (χ3v) is 3.26. The summed E-state index contributed by atoms with van der Waals surface area (Å²) in [4.78, 5) is 13.7. The smallest absolute Gasteiger partial charge is 0.415 e. The van der Waals surface area contributed by atoms with Gasteiger partial charge in [0.15, 0.2) is 0 Å². The summed E-state index contributed by atoms with van der Waals surface area (Å²) in [7, 11) is 1.58. The van der Waals surface area contributed by atoms with E-state index in [-0.39, 0.29) is 12.3 Å². The van der Waals surface area contributed by atoms with E-state index in [4.69, 9.17) is 9.47 Å². The molecule has 0 radical (unpaired) electrons. The van der Waals surface area contributed by atoms with E-state index in [1.807, 2.05) is 13.0 Å². The molecule has 22 heavy (non-hydrogen) atoms. The predicted octanol–water partition coefficient (Wildman–Crippen LogP) is 3.42. The summed E-state index contributed by atoms with van der Waals surface area (Å²) in [6, 6.07) is 13.7. The van der Waals surface area contributed by atoms with Crippen molar-refractivity contribution in [2.24, 2.45) is 0 Å². The number of para-hydroxylation sites is 1. The second kappa shape index (κ2) is 7.36. The van der Waals surface area contributed by atoms with Crippen molar-refractivity contribution in [2.45, 2.75) is 13.5 Å². The summed E-state index contributed by atoms with van der Waals surface area (Å²) in [6.45, 7) is 2.62. The van der Waals surface area contributed by atoms with E-state index in [2.05, 4.69) is 0 Å². The van der Waals surface area contributed by atoms with Gasteiger partial charge in [0.2, 0.25) is 0 Å². The highest BCUT2D eigenvalue weighted by Gasteiger charge is 2.16. The second-order valence-corrected chi connectivity index (χ2v) is 4.69. The van der Waals surface area contributed by atoms with Crippen molar-refractivity contribution in [1.29, 1.82) is 0 Å². The summed E-state index contributed by atoms with van der Waals surface area (Å²) in [6.07, 6.45) is -0.462. The van der Waals surface area contributed by atoms with E-state index in [1.54, 1.807) is 49.6 Å². The van der Waals surface area contributed by atoms with Crippen molar-refractivity contribution in [3.8, 4) is 17.2 Å². The standard InChI is InChI=1S/C17H19NO4/c1-3-18(12-13-6-4-5-7-16(13)19)17(20)22-15-10-8-14(21-2)9-11-15/h4-11,19H,3,12H2,1-2H3. The molecule has 5 nitrogen and oxygen atoms in total. The Kier molecular flexibility index (Phi) is 5.25. The first kappa shape index (κ1) is 15.7. The van der Waals surface area contributed by atoms with Gasteiger partial charge in [-0.05, 0) is 37.3 Å². The molecule has 2 aromatic rings. The van der Waals surface area contributed by atoms with Crippen LogP contribution in [0.25, 0.3) is 0 Å². The number of phenolic OH excluding ortho intramolecular Hbond substituents is 1. The lowest BCUT2D eigenvalue weighted by atomic mass is 10.2. The van der Waals surface area contributed by atoms with Crippen molar-refractivity contribution in [1.82, 2.24) is 4.90 Å². The molecule has 0 aromatic heterocycles. The van der Waals surface area contributed by atoms with Gasteiger partial charge in [-0.15, -0.1) is 0 Å². The Labute approximate surface area is 129 Å². The van der Waals surface area contributed by atoms with Crippen LogP contribution in [0.1, 0.15) is 12.5 Å². The van der Waals surface area contributed by atoms with E-state index >= 15 is 0 Å². The number of methoxy groups -OCH3 is 1. The Morgan fingerprint density at radius 2 is 1.73 bits per heavy atom. The third kappa shape index (κ3) is 3.91. The molecule has 2 aromatic carbocycles. The van der Waals surface area contributed by atoms with E-state index in [0.29, 0.717) is 23.6 Å². The van der Waals surface area contributed by atoms with Gasteiger partial charge in [0.25, 0.3) is 0 Å². The molecule has 0 unspecified atom stereocenters. The number of hydrogen-bond acceptors (Lipinski definition) is 4. The lowest BCUT2D eigenvalue weighted by molar-refractivity contribution is 0.151. The summed E-state index contributed by atoms with van der Waals surface area (Å²) in [5.41, 5.74) is 0.677. The zero-order valence-electron chi connectivity index (χ0n) is 12.7. The van der Waals surface area contributed by atoms with Crippen LogP contribution in [0.5, 0.6) is 17.2 Å². The van der Waals surface area contributed by atoms with Crippen molar-refractivity contribution in [2.75, 3.05) is 13.7 Å². The monoisotopic (exact) mass is 301 g/mol. The molecule has 1 N–H and O–H groups in total. The summed E-state index contributed by atoms with van der Waals surface area (Å²) >= 11 is 0. The number of amides is 1. The molecule has 0 spiro atoms. The van der Waals surface area contributed by atoms with Crippen molar-refractivity contribution in [3.63, 3.8) is 0 Å². The van der Waals surface area contributed by atoms with Gasteiger partial charge in [-0.25, -0.2) is 4.79 Å². The molecule has 0 aliphatic rings. The number of phenols is 1. The zero-order valence-corrected chi connectivity index (χ0v) is 12.7. The number of hydrogen-bond donors (Lipinski definition) is 1. The highest BCUT2D eigenvalue weighted by atomic mass is 16.6. The molecule has 5 heteroatoms. The largest absolute Gasteiger partial charge is 0.508 e. The summed E-state index contributed by atoms with van der Waals surface area (Å²) in [5, 5.41) is 9.79. The third-order valence-electron chi connectivity index (χ3n) is 3.26. The van der Waals surface area contributed by atoms with Crippen LogP contribution >= 0.6 is 0 Å². The first-order valence-corrected chi connectivity index (χ1v) is 7.01. The predicted molar refractivity (Wildman–Crippen MR) is 83.2 cm³/mol. The molecular weight excluding hydrogens is 282 g/mol. The molecule has 0 aliphatic heterocycles. The van der Waals surface area contributed by atoms with E-state index in [1.165, 1.54) is 4.90 Å². The van der Waals surface area contributed by atoms with E-state index in [9.17, 15) is 9.90 Å². The van der Waals surface area contributed by atoms with Gasteiger partial charge in [-0.2, -0.15) is 0 Å². The van der Waals surface area contributed by atoms with Crippen LogP contribution in [0.2, 0.25) is 0 Å². The van der Waals surface area contributed by atoms with Gasteiger partial charge in [0, 0.05) is 12.1 Å². The van der Waals surface area contributed by atoms with E-state index < -0.39 is 6.09 Å². The molecule has 0 aliphatic carbocycles. The SMILES string of the molecule is CCN(Cc1ccccc1O)C(=O)Oc1ccc(OC)cc1. The molecule has 1 amide bonds. The van der Waals surface area contributed by atoms with Crippen LogP contribution in [0.3, 0.4) is 0 Å². The Morgan fingerprint density at radius 3 is 2.32 bits per heavy atom. The van der Waals surface area contributed by atoms with Gasteiger partial charge >= 0.3 is 6.09 Å². The average Bonchev–Trinajstić information content (AvgIpc) is 2.54. The maximum Gasteiger partial charge on any atom is 0.415 e. The Hall–Kier alpha value is -2.69. The molecular formula is C17H19NO4. The van der Waals surface area contributed by atoms with Crippen LogP contribution in [0.15, 0.2) is 48.5 Å². The number of aromatic hydroxyl groups is 1. The molecule has 116 valence electrons. The minimum Gasteiger partial charge on any atom is -0.508 e. The minimum atomic E-state index is -0.462. The molecule has 0 heterocycles. The Morgan fingerprint density at radius 1 is 1.09 bits per heavy atom. The number of nitrogens with zero attached hydrogens (tertiary/aromatic N) is 1. The van der Waals surface area contributed by atoms with Gasteiger partial charge in [-0.3, -0.25) is 0 Å². The average molecular weight is 301 g/mol. The van der Waals surface area contributed by atoms with Gasteiger partial charge in [-0.1, -0.05) is 18.2 Å². The number of ether oxygens (including phenoxy) is 2. The van der Waals surface area contributed by atoms with Crippen LogP contribution in [0, 0.1) is 0 Å².